The molecule has 0 unspecified atom stereocenters. The van der Waals surface area contributed by atoms with E-state index in [0.29, 0.717) is 11.5 Å². The molecule has 1 fully saturated rings. The van der Waals surface area contributed by atoms with Crippen LogP contribution in [0.25, 0.3) is 0 Å². The Balaban J connectivity index is 1.80. The minimum Gasteiger partial charge on any atom is -0.382 e. The summed E-state index contributed by atoms with van der Waals surface area (Å²) >= 11 is 0. The van der Waals surface area contributed by atoms with Crippen molar-refractivity contribution in [3.8, 4) is 0 Å². The van der Waals surface area contributed by atoms with Gasteiger partial charge in [-0.15, -0.1) is 0 Å². The topological polar surface area (TPSA) is 12.0 Å². The third-order valence-corrected chi connectivity index (χ3v) is 5.10. The molecule has 1 saturated carbocycles. The zero-order valence-electron chi connectivity index (χ0n) is 14.4. The lowest BCUT2D eigenvalue weighted by Gasteiger charge is -2.37. The molecule has 1 heteroatoms. The summed E-state index contributed by atoms with van der Waals surface area (Å²) in [5.74, 6) is 0.895. The highest BCUT2D eigenvalue weighted by atomic mass is 14.9. The van der Waals surface area contributed by atoms with Gasteiger partial charge in [0.2, 0.25) is 0 Å². The summed E-state index contributed by atoms with van der Waals surface area (Å²) < 4.78 is 0. The molecular formula is C20H33N. The first-order valence-electron chi connectivity index (χ1n) is 8.84. The summed E-state index contributed by atoms with van der Waals surface area (Å²) in [7, 11) is 0. The molecule has 0 aliphatic heterocycles. The minimum atomic E-state index is 0.478. The number of hydrogen-bond acceptors (Lipinski definition) is 1. The summed E-state index contributed by atoms with van der Waals surface area (Å²) in [5, 5.41) is 3.74. The third-order valence-electron chi connectivity index (χ3n) is 5.10. The highest BCUT2D eigenvalue weighted by Gasteiger charge is 2.29. The van der Waals surface area contributed by atoms with E-state index in [4.69, 9.17) is 0 Å². The van der Waals surface area contributed by atoms with Gasteiger partial charge >= 0.3 is 0 Å². The molecule has 0 radical (unpaired) electrons. The van der Waals surface area contributed by atoms with Crippen molar-refractivity contribution in [3.05, 3.63) is 29.8 Å². The van der Waals surface area contributed by atoms with Crippen molar-refractivity contribution >= 4 is 5.69 Å². The average Bonchev–Trinajstić information content (AvgIpc) is 2.46. The van der Waals surface area contributed by atoms with Gasteiger partial charge in [-0.05, 0) is 67.6 Å². The fourth-order valence-electron chi connectivity index (χ4n) is 3.49. The fourth-order valence-corrected chi connectivity index (χ4v) is 3.49. The lowest BCUT2D eigenvalue weighted by Crippen LogP contribution is -2.31. The van der Waals surface area contributed by atoms with Gasteiger partial charge in [0.05, 0.1) is 0 Å². The van der Waals surface area contributed by atoms with Crippen molar-refractivity contribution in [2.75, 3.05) is 5.32 Å². The van der Waals surface area contributed by atoms with Gasteiger partial charge in [0.1, 0.15) is 0 Å². The van der Waals surface area contributed by atoms with Crippen molar-refractivity contribution < 1.29 is 0 Å². The van der Waals surface area contributed by atoms with Gasteiger partial charge in [-0.1, -0.05) is 46.2 Å². The SMILES string of the molecule is CCCCc1ccc(NC2CCC(C(C)(C)C)CC2)cc1. The van der Waals surface area contributed by atoms with Crippen molar-refractivity contribution in [2.45, 2.75) is 78.7 Å². The molecule has 1 aromatic rings. The average molecular weight is 287 g/mol. The monoisotopic (exact) mass is 287 g/mol. The van der Waals surface area contributed by atoms with E-state index in [9.17, 15) is 0 Å². The largest absolute Gasteiger partial charge is 0.382 e. The van der Waals surface area contributed by atoms with Gasteiger partial charge < -0.3 is 5.32 Å². The van der Waals surface area contributed by atoms with Crippen molar-refractivity contribution in [2.24, 2.45) is 11.3 Å². The molecule has 1 nitrogen and oxygen atoms in total. The van der Waals surface area contributed by atoms with Gasteiger partial charge in [-0.2, -0.15) is 0 Å². The quantitative estimate of drug-likeness (QED) is 0.695. The zero-order chi connectivity index (χ0) is 15.3. The number of benzene rings is 1. The molecule has 1 aromatic carbocycles. The summed E-state index contributed by atoms with van der Waals surface area (Å²) in [5.41, 5.74) is 3.25. The van der Waals surface area contributed by atoms with E-state index in [1.54, 1.807) is 0 Å². The Kier molecular flexibility index (Phi) is 5.72. The van der Waals surface area contributed by atoms with Gasteiger partial charge in [-0.3, -0.25) is 0 Å². The molecule has 0 bridgehead atoms. The number of anilines is 1. The number of rotatable bonds is 5. The van der Waals surface area contributed by atoms with Crippen LogP contribution in [0.3, 0.4) is 0 Å². The molecule has 0 heterocycles. The fraction of sp³-hybridized carbons (Fsp3) is 0.700. The Morgan fingerprint density at radius 3 is 2.14 bits per heavy atom. The van der Waals surface area contributed by atoms with Crippen LogP contribution >= 0.6 is 0 Å². The van der Waals surface area contributed by atoms with Crippen LogP contribution in [-0.2, 0) is 6.42 Å². The van der Waals surface area contributed by atoms with Crippen molar-refractivity contribution in [3.63, 3.8) is 0 Å². The smallest absolute Gasteiger partial charge is 0.0342 e. The third kappa shape index (κ3) is 5.05. The maximum Gasteiger partial charge on any atom is 0.0342 e. The number of hydrogen-bond donors (Lipinski definition) is 1. The Labute approximate surface area is 131 Å². The molecule has 2 rings (SSSR count). The Hall–Kier alpha value is -0.980. The van der Waals surface area contributed by atoms with Crippen LogP contribution in [0.5, 0.6) is 0 Å². The highest BCUT2D eigenvalue weighted by molar-refractivity contribution is 5.45. The summed E-state index contributed by atoms with van der Waals surface area (Å²) in [6.45, 7) is 9.42. The van der Waals surface area contributed by atoms with Gasteiger partial charge in [0.15, 0.2) is 0 Å². The van der Waals surface area contributed by atoms with Gasteiger partial charge in [0, 0.05) is 11.7 Å². The molecule has 0 saturated heterocycles. The summed E-state index contributed by atoms with van der Waals surface area (Å²) in [6, 6.07) is 9.78. The molecular weight excluding hydrogens is 254 g/mol. The number of nitrogens with one attached hydrogen (secondary N) is 1. The normalized spacial score (nSPS) is 23.0. The van der Waals surface area contributed by atoms with E-state index in [0.717, 1.165) is 5.92 Å². The van der Waals surface area contributed by atoms with Gasteiger partial charge in [-0.25, -0.2) is 0 Å². The predicted octanol–water partition coefficient (Wildman–Crippen LogP) is 6.05. The molecule has 0 spiro atoms. The lowest BCUT2D eigenvalue weighted by atomic mass is 9.71. The molecule has 0 amide bonds. The first kappa shape index (κ1) is 16.4. The zero-order valence-corrected chi connectivity index (χ0v) is 14.4. The highest BCUT2D eigenvalue weighted by Crippen LogP contribution is 2.38. The molecule has 0 aromatic heterocycles. The predicted molar refractivity (Wildman–Crippen MR) is 93.9 cm³/mol. The second kappa shape index (κ2) is 7.33. The van der Waals surface area contributed by atoms with Crippen molar-refractivity contribution in [1.29, 1.82) is 0 Å². The molecule has 21 heavy (non-hydrogen) atoms. The standard InChI is InChI=1S/C20H33N/c1-5-6-7-16-8-12-18(13-9-16)21-19-14-10-17(11-15-19)20(2,3)4/h8-9,12-13,17,19,21H,5-7,10-11,14-15H2,1-4H3. The molecule has 1 aliphatic rings. The van der Waals surface area contributed by atoms with Gasteiger partial charge in [0.25, 0.3) is 0 Å². The minimum absolute atomic E-state index is 0.478. The molecule has 118 valence electrons. The van der Waals surface area contributed by atoms with Crippen LogP contribution < -0.4 is 5.32 Å². The number of aryl methyl sites for hydroxylation is 1. The van der Waals surface area contributed by atoms with Crippen LogP contribution in [0.4, 0.5) is 5.69 Å². The molecule has 1 N–H and O–H groups in total. The van der Waals surface area contributed by atoms with Crippen LogP contribution in [0.1, 0.15) is 71.8 Å². The molecule has 1 aliphatic carbocycles. The maximum atomic E-state index is 3.74. The lowest BCUT2D eigenvalue weighted by molar-refractivity contribution is 0.173. The van der Waals surface area contributed by atoms with Crippen LogP contribution in [0, 0.1) is 11.3 Å². The van der Waals surface area contributed by atoms with Crippen LogP contribution in [-0.4, -0.2) is 6.04 Å². The van der Waals surface area contributed by atoms with Crippen LogP contribution in [0.2, 0.25) is 0 Å². The number of unbranched alkanes of at least 4 members (excludes halogenated alkanes) is 1. The van der Waals surface area contributed by atoms with E-state index < -0.39 is 0 Å². The summed E-state index contributed by atoms with van der Waals surface area (Å²) in [4.78, 5) is 0. The second-order valence-electron chi connectivity index (χ2n) is 7.86. The van der Waals surface area contributed by atoms with E-state index in [1.807, 2.05) is 0 Å². The van der Waals surface area contributed by atoms with Crippen LogP contribution in [0.15, 0.2) is 24.3 Å². The van der Waals surface area contributed by atoms with Crippen molar-refractivity contribution in [1.82, 2.24) is 0 Å². The Morgan fingerprint density at radius 2 is 1.62 bits per heavy atom. The Morgan fingerprint density at radius 1 is 1.00 bits per heavy atom. The van der Waals surface area contributed by atoms with E-state index in [2.05, 4.69) is 57.3 Å². The Bertz CT molecular complexity index is 404. The second-order valence-corrected chi connectivity index (χ2v) is 7.86. The summed E-state index contributed by atoms with van der Waals surface area (Å²) in [6.07, 6.45) is 9.17. The first-order valence-corrected chi connectivity index (χ1v) is 8.84. The van der Waals surface area contributed by atoms with E-state index >= 15 is 0 Å². The van der Waals surface area contributed by atoms with E-state index in [-0.39, 0.29) is 0 Å². The maximum absolute atomic E-state index is 3.74. The first-order chi connectivity index (χ1) is 9.99. The van der Waals surface area contributed by atoms with E-state index in [1.165, 1.54) is 56.2 Å². The molecule has 0 atom stereocenters.